The summed E-state index contributed by atoms with van der Waals surface area (Å²) < 4.78 is 0. The highest BCUT2D eigenvalue weighted by Gasteiger charge is 2.39. The molecule has 1 fully saturated rings. The Balaban J connectivity index is 2.22. The maximum absolute atomic E-state index is 13.8. The third-order valence-electron chi connectivity index (χ3n) is 6.73. The van der Waals surface area contributed by atoms with Crippen LogP contribution in [0.25, 0.3) is 0 Å². The van der Waals surface area contributed by atoms with E-state index in [0.29, 0.717) is 12.0 Å². The molecule has 238 valence electrons. The van der Waals surface area contributed by atoms with Crippen LogP contribution in [0.2, 0.25) is 0 Å². The van der Waals surface area contributed by atoms with E-state index < -0.39 is 71.8 Å². The molecular weight excluding hydrogens is 621 g/mol. The maximum Gasteiger partial charge on any atom is 0.327 e. The Morgan fingerprint density at radius 1 is 0.884 bits per heavy atom. The molecule has 1 aromatic rings. The minimum atomic E-state index is -1.28. The molecule has 1 aliphatic heterocycles. The number of benzene rings is 1. The van der Waals surface area contributed by atoms with Gasteiger partial charge in [0, 0.05) is 30.2 Å². The summed E-state index contributed by atoms with van der Waals surface area (Å²) in [5.41, 5.74) is 6.29. The van der Waals surface area contributed by atoms with Gasteiger partial charge in [-0.3, -0.25) is 24.0 Å². The van der Waals surface area contributed by atoms with Gasteiger partial charge in [-0.05, 0) is 37.5 Å². The van der Waals surface area contributed by atoms with Gasteiger partial charge in [-0.1, -0.05) is 12.1 Å². The number of hydrogen-bond donors (Lipinski definition) is 10. The molecule has 1 aliphatic rings. The normalized spacial score (nSPS) is 18.0. The van der Waals surface area contributed by atoms with Crippen LogP contribution in [0.4, 0.5) is 0 Å². The van der Waals surface area contributed by atoms with Crippen molar-refractivity contribution < 1.29 is 39.0 Å². The minimum absolute atomic E-state index is 0.00179. The van der Waals surface area contributed by atoms with Gasteiger partial charge < -0.3 is 42.1 Å². The lowest BCUT2D eigenvalue weighted by Crippen LogP contribution is -2.59. The number of nitrogens with zero attached hydrogens (tertiary/aromatic N) is 1. The SMILES string of the molecule is CC(NC(=O)C1CCCN1C(=O)C(Cc1ccc(O)cc1)NC(=O)C(CS)NC(=O)C(N)CS)C(=O)NC(CS)C(=O)O. The molecule has 14 nitrogen and oxygen atoms in total. The zero-order valence-corrected chi connectivity index (χ0v) is 26.1. The molecule has 1 saturated heterocycles. The van der Waals surface area contributed by atoms with Crippen molar-refractivity contribution in [3.8, 4) is 5.75 Å². The van der Waals surface area contributed by atoms with Gasteiger partial charge >= 0.3 is 5.97 Å². The number of carbonyl (C=O) groups is 6. The number of thiol groups is 3. The van der Waals surface area contributed by atoms with Crippen LogP contribution in [-0.4, -0.2) is 111 Å². The summed E-state index contributed by atoms with van der Waals surface area (Å²) in [5, 5.41) is 28.7. The van der Waals surface area contributed by atoms with Crippen LogP contribution in [0.5, 0.6) is 5.75 Å². The zero-order valence-electron chi connectivity index (χ0n) is 23.4. The number of carboxylic acids is 1. The second-order valence-electron chi connectivity index (χ2n) is 9.97. The monoisotopic (exact) mass is 658 g/mol. The average Bonchev–Trinajstić information content (AvgIpc) is 3.48. The van der Waals surface area contributed by atoms with Gasteiger partial charge in [0.05, 0.1) is 6.04 Å². The number of nitrogens with one attached hydrogen (secondary N) is 4. The smallest absolute Gasteiger partial charge is 0.327 e. The summed E-state index contributed by atoms with van der Waals surface area (Å²) >= 11 is 12.0. The van der Waals surface area contributed by atoms with Gasteiger partial charge in [-0.2, -0.15) is 37.9 Å². The molecule has 5 amide bonds. The molecule has 17 heteroatoms. The number of aliphatic carboxylic acids is 1. The Labute approximate surface area is 265 Å². The highest BCUT2D eigenvalue weighted by atomic mass is 32.1. The van der Waals surface area contributed by atoms with Gasteiger partial charge in [-0.15, -0.1) is 0 Å². The summed E-state index contributed by atoms with van der Waals surface area (Å²) in [6.45, 7) is 1.58. The van der Waals surface area contributed by atoms with E-state index in [1.165, 1.54) is 24.0 Å². The van der Waals surface area contributed by atoms with E-state index in [1.54, 1.807) is 12.1 Å². The number of amides is 5. The Hall–Kier alpha value is -3.15. The van der Waals surface area contributed by atoms with E-state index in [0.717, 1.165) is 0 Å². The first-order valence-electron chi connectivity index (χ1n) is 13.4. The van der Waals surface area contributed by atoms with E-state index in [1.807, 2.05) is 0 Å². The summed E-state index contributed by atoms with van der Waals surface area (Å²) in [7, 11) is 0. The predicted octanol–water partition coefficient (Wildman–Crippen LogP) is -1.91. The van der Waals surface area contributed by atoms with Gasteiger partial charge in [0.2, 0.25) is 29.5 Å². The molecule has 43 heavy (non-hydrogen) atoms. The van der Waals surface area contributed by atoms with Crippen molar-refractivity contribution in [2.24, 2.45) is 5.73 Å². The van der Waals surface area contributed by atoms with Crippen LogP contribution in [0, 0.1) is 0 Å². The fourth-order valence-corrected chi connectivity index (χ4v) is 4.93. The Kier molecular flexibility index (Phi) is 14.4. The lowest BCUT2D eigenvalue weighted by molar-refractivity contribution is -0.143. The van der Waals surface area contributed by atoms with Crippen LogP contribution >= 0.6 is 37.9 Å². The van der Waals surface area contributed by atoms with Crippen LogP contribution in [0.15, 0.2) is 24.3 Å². The van der Waals surface area contributed by atoms with E-state index in [9.17, 15) is 33.9 Å². The summed E-state index contributed by atoms with van der Waals surface area (Å²) in [6.07, 6.45) is 0.761. The van der Waals surface area contributed by atoms with E-state index in [4.69, 9.17) is 10.8 Å². The molecule has 1 aromatic carbocycles. The molecule has 0 saturated carbocycles. The fourth-order valence-electron chi connectivity index (χ4n) is 4.26. The molecule has 0 aliphatic carbocycles. The number of rotatable bonds is 15. The van der Waals surface area contributed by atoms with Gasteiger partial charge in [-0.25, -0.2) is 4.79 Å². The Bertz CT molecular complexity index is 1170. The number of carboxylic acid groups (broad SMARTS) is 1. The summed E-state index contributed by atoms with van der Waals surface area (Å²) in [4.78, 5) is 77.4. The molecule has 2 rings (SSSR count). The van der Waals surface area contributed by atoms with Gasteiger partial charge in [0.25, 0.3) is 0 Å². The second kappa shape index (κ2) is 17.2. The quantitative estimate of drug-likeness (QED) is 0.0949. The molecule has 0 bridgehead atoms. The number of aromatic hydroxyl groups is 1. The third-order valence-corrected chi connectivity index (χ3v) is 7.85. The van der Waals surface area contributed by atoms with Crippen molar-refractivity contribution in [3.63, 3.8) is 0 Å². The van der Waals surface area contributed by atoms with Crippen LogP contribution in [0.3, 0.4) is 0 Å². The summed E-state index contributed by atoms with van der Waals surface area (Å²) in [5.74, 6) is -4.73. The summed E-state index contributed by atoms with van der Waals surface area (Å²) in [6, 6.07) is -0.567. The highest BCUT2D eigenvalue weighted by molar-refractivity contribution is 7.80. The minimum Gasteiger partial charge on any atom is -0.508 e. The molecular formula is C26H38N6O8S3. The number of likely N-dealkylation sites (tertiary alicyclic amines) is 1. The van der Waals surface area contributed by atoms with Crippen molar-refractivity contribution in [3.05, 3.63) is 29.8 Å². The van der Waals surface area contributed by atoms with E-state index in [2.05, 4.69) is 59.2 Å². The van der Waals surface area contributed by atoms with Gasteiger partial charge in [0.1, 0.15) is 36.0 Å². The topological polar surface area (TPSA) is 220 Å². The first kappa shape index (κ1) is 36.0. The van der Waals surface area contributed by atoms with Crippen LogP contribution in [-0.2, 0) is 35.2 Å². The van der Waals surface area contributed by atoms with Crippen molar-refractivity contribution in [2.75, 3.05) is 23.8 Å². The first-order valence-corrected chi connectivity index (χ1v) is 15.3. The van der Waals surface area contributed by atoms with Crippen molar-refractivity contribution >= 4 is 73.4 Å². The molecule has 0 spiro atoms. The fraction of sp³-hybridized carbons (Fsp3) is 0.538. The maximum atomic E-state index is 13.8. The largest absolute Gasteiger partial charge is 0.508 e. The van der Waals surface area contributed by atoms with Gasteiger partial charge in [0.15, 0.2) is 0 Å². The molecule has 0 radical (unpaired) electrons. The lowest BCUT2D eigenvalue weighted by Gasteiger charge is -2.30. The first-order chi connectivity index (χ1) is 20.3. The standard InChI is InChI=1S/C26H38N6O8S3/c1-13(21(34)31-19(12-43)26(39)40)28-24(37)20-3-2-8-32(20)25(38)17(9-14-4-6-15(33)7-5-14)29-23(36)18(11-42)30-22(35)16(27)10-41/h4-7,13,16-20,33,41-43H,2-3,8-12,27H2,1H3,(H,28,37)(H,29,36)(H,30,35)(H,31,34)(H,39,40). The second-order valence-corrected chi connectivity index (χ2v) is 11.1. The van der Waals surface area contributed by atoms with Crippen LogP contribution in [0.1, 0.15) is 25.3 Å². The number of carbonyl (C=O) groups excluding carboxylic acids is 5. The lowest BCUT2D eigenvalue weighted by atomic mass is 10.0. The van der Waals surface area contributed by atoms with Crippen molar-refractivity contribution in [1.29, 1.82) is 0 Å². The average molecular weight is 659 g/mol. The molecule has 8 N–H and O–H groups in total. The highest BCUT2D eigenvalue weighted by Crippen LogP contribution is 2.21. The molecule has 6 atom stereocenters. The zero-order chi connectivity index (χ0) is 32.3. The Morgan fingerprint density at radius 2 is 1.47 bits per heavy atom. The molecule has 0 aromatic heterocycles. The number of phenols is 1. The van der Waals surface area contributed by atoms with Crippen LogP contribution < -0.4 is 27.0 Å². The van der Waals surface area contributed by atoms with Crippen molar-refractivity contribution in [2.45, 2.75) is 62.4 Å². The number of phenolic OH excluding ortho intramolecular Hbond substituents is 1. The van der Waals surface area contributed by atoms with E-state index >= 15 is 0 Å². The third kappa shape index (κ3) is 10.5. The predicted molar refractivity (Wildman–Crippen MR) is 167 cm³/mol. The number of hydrogen-bond acceptors (Lipinski definition) is 11. The van der Waals surface area contributed by atoms with E-state index in [-0.39, 0.29) is 42.4 Å². The van der Waals surface area contributed by atoms with Crippen molar-refractivity contribution in [1.82, 2.24) is 26.2 Å². The molecule has 6 unspecified atom stereocenters. The molecule has 1 heterocycles. The Morgan fingerprint density at radius 3 is 2.02 bits per heavy atom. The number of nitrogens with two attached hydrogens (primary N) is 1.